The van der Waals surface area contributed by atoms with E-state index in [1.807, 2.05) is 19.1 Å². The van der Waals surface area contributed by atoms with Gasteiger partial charge in [-0.25, -0.2) is 4.98 Å². The van der Waals surface area contributed by atoms with Gasteiger partial charge in [0.2, 0.25) is 0 Å². The predicted octanol–water partition coefficient (Wildman–Crippen LogP) is 0.809. The maximum atomic E-state index is 5.88. The fourth-order valence-corrected chi connectivity index (χ4v) is 1.58. The molecule has 0 saturated carbocycles. The largest absolute Gasteiger partial charge is 0.396 e. The number of aryl methyl sites for hydroxylation is 1. The Morgan fingerprint density at radius 3 is 2.79 bits per heavy atom. The number of rotatable bonds is 1. The van der Waals surface area contributed by atoms with E-state index in [0.29, 0.717) is 0 Å². The first-order valence-electron chi connectivity index (χ1n) is 4.83. The lowest BCUT2D eigenvalue weighted by Crippen LogP contribution is -2.37. The van der Waals surface area contributed by atoms with Gasteiger partial charge < -0.3 is 15.4 Å². The van der Waals surface area contributed by atoms with E-state index >= 15 is 0 Å². The Hall–Kier alpha value is -1.29. The fraction of sp³-hybridized carbons (Fsp3) is 0.500. The maximum absolute atomic E-state index is 5.88. The number of hydrogen-bond acceptors (Lipinski definition) is 4. The lowest BCUT2D eigenvalue weighted by atomic mass is 10.3. The van der Waals surface area contributed by atoms with E-state index in [-0.39, 0.29) is 0 Å². The van der Waals surface area contributed by atoms with E-state index in [1.165, 1.54) is 0 Å². The summed E-state index contributed by atoms with van der Waals surface area (Å²) in [5, 5.41) is 0. The molecule has 1 fully saturated rings. The Morgan fingerprint density at radius 1 is 1.36 bits per heavy atom. The second-order valence-corrected chi connectivity index (χ2v) is 3.46. The lowest BCUT2D eigenvalue weighted by molar-refractivity contribution is 0.122. The quantitative estimate of drug-likeness (QED) is 0.717. The molecule has 14 heavy (non-hydrogen) atoms. The van der Waals surface area contributed by atoms with Gasteiger partial charge in [-0.15, -0.1) is 0 Å². The van der Waals surface area contributed by atoms with Crippen molar-refractivity contribution in [1.29, 1.82) is 0 Å². The van der Waals surface area contributed by atoms with Crippen molar-refractivity contribution in [2.24, 2.45) is 0 Å². The van der Waals surface area contributed by atoms with E-state index in [0.717, 1.165) is 43.5 Å². The van der Waals surface area contributed by atoms with Crippen LogP contribution in [0.2, 0.25) is 0 Å². The zero-order valence-corrected chi connectivity index (χ0v) is 8.36. The molecule has 1 aliphatic heterocycles. The second-order valence-electron chi connectivity index (χ2n) is 3.46. The van der Waals surface area contributed by atoms with Crippen LogP contribution in [0.15, 0.2) is 12.1 Å². The van der Waals surface area contributed by atoms with Crippen molar-refractivity contribution in [3.05, 3.63) is 17.8 Å². The standard InChI is InChI=1S/C10H15N3O/c1-8-2-3-9(11)10(12-8)13-4-6-14-7-5-13/h2-3H,4-7,11H2,1H3. The molecule has 1 aromatic rings. The molecule has 1 aromatic heterocycles. The Balaban J connectivity index is 2.24. The van der Waals surface area contributed by atoms with Crippen LogP contribution >= 0.6 is 0 Å². The summed E-state index contributed by atoms with van der Waals surface area (Å²) in [6.07, 6.45) is 0. The van der Waals surface area contributed by atoms with Crippen LogP contribution in [0.3, 0.4) is 0 Å². The van der Waals surface area contributed by atoms with Crippen LogP contribution in [-0.2, 0) is 4.74 Å². The fourth-order valence-electron chi connectivity index (χ4n) is 1.58. The Labute approximate surface area is 83.7 Å². The lowest BCUT2D eigenvalue weighted by Gasteiger charge is -2.28. The van der Waals surface area contributed by atoms with E-state index in [9.17, 15) is 0 Å². The average Bonchev–Trinajstić information content (AvgIpc) is 2.23. The van der Waals surface area contributed by atoms with Gasteiger partial charge in [-0.05, 0) is 19.1 Å². The average molecular weight is 193 g/mol. The van der Waals surface area contributed by atoms with E-state index in [1.54, 1.807) is 0 Å². The molecule has 0 unspecified atom stereocenters. The molecular weight excluding hydrogens is 178 g/mol. The van der Waals surface area contributed by atoms with Gasteiger partial charge in [-0.1, -0.05) is 0 Å². The molecule has 0 spiro atoms. The highest BCUT2D eigenvalue weighted by Crippen LogP contribution is 2.21. The molecule has 4 heteroatoms. The number of nitrogens with two attached hydrogens (primary N) is 1. The van der Waals surface area contributed by atoms with Gasteiger partial charge in [0.1, 0.15) is 0 Å². The van der Waals surface area contributed by atoms with Crippen molar-refractivity contribution in [3.63, 3.8) is 0 Å². The first-order valence-corrected chi connectivity index (χ1v) is 4.83. The third-order valence-corrected chi connectivity index (χ3v) is 2.36. The van der Waals surface area contributed by atoms with Crippen LogP contribution < -0.4 is 10.6 Å². The smallest absolute Gasteiger partial charge is 0.152 e. The number of morpholine rings is 1. The predicted molar refractivity (Wildman–Crippen MR) is 56.4 cm³/mol. The van der Waals surface area contributed by atoms with Crippen molar-refractivity contribution in [2.45, 2.75) is 6.92 Å². The zero-order valence-electron chi connectivity index (χ0n) is 8.36. The topological polar surface area (TPSA) is 51.4 Å². The van der Waals surface area contributed by atoms with Crippen LogP contribution in [-0.4, -0.2) is 31.3 Å². The Morgan fingerprint density at radius 2 is 2.07 bits per heavy atom. The third kappa shape index (κ3) is 1.80. The molecule has 1 aliphatic rings. The van der Waals surface area contributed by atoms with Crippen LogP contribution in [0.1, 0.15) is 5.69 Å². The molecule has 0 bridgehead atoms. The molecule has 2 N–H and O–H groups in total. The summed E-state index contributed by atoms with van der Waals surface area (Å²) in [5.74, 6) is 0.897. The zero-order chi connectivity index (χ0) is 9.97. The molecule has 4 nitrogen and oxygen atoms in total. The van der Waals surface area contributed by atoms with Crippen molar-refractivity contribution in [3.8, 4) is 0 Å². The Kier molecular flexibility index (Phi) is 2.54. The van der Waals surface area contributed by atoms with Crippen LogP contribution in [0.4, 0.5) is 11.5 Å². The molecule has 1 saturated heterocycles. The summed E-state index contributed by atoms with van der Waals surface area (Å²) < 4.78 is 5.28. The number of hydrogen-bond donors (Lipinski definition) is 1. The maximum Gasteiger partial charge on any atom is 0.152 e. The summed E-state index contributed by atoms with van der Waals surface area (Å²) in [6.45, 7) is 5.24. The SMILES string of the molecule is Cc1ccc(N)c(N2CCOCC2)n1. The van der Waals surface area contributed by atoms with Gasteiger partial charge in [0.25, 0.3) is 0 Å². The molecule has 0 amide bonds. The van der Waals surface area contributed by atoms with Crippen molar-refractivity contribution in [1.82, 2.24) is 4.98 Å². The molecule has 0 atom stereocenters. The van der Waals surface area contributed by atoms with Gasteiger partial charge in [-0.2, -0.15) is 0 Å². The number of ether oxygens (including phenoxy) is 1. The van der Waals surface area contributed by atoms with Gasteiger partial charge in [0.05, 0.1) is 18.9 Å². The highest BCUT2D eigenvalue weighted by Gasteiger charge is 2.14. The van der Waals surface area contributed by atoms with E-state index in [4.69, 9.17) is 10.5 Å². The number of aromatic nitrogens is 1. The minimum atomic E-state index is 0.748. The molecule has 0 aromatic carbocycles. The minimum absolute atomic E-state index is 0.748. The molecule has 2 rings (SSSR count). The highest BCUT2D eigenvalue weighted by atomic mass is 16.5. The van der Waals surface area contributed by atoms with E-state index in [2.05, 4.69) is 9.88 Å². The molecular formula is C10H15N3O. The van der Waals surface area contributed by atoms with Gasteiger partial charge >= 0.3 is 0 Å². The molecule has 0 aliphatic carbocycles. The van der Waals surface area contributed by atoms with Gasteiger partial charge in [0, 0.05) is 18.8 Å². The number of nitrogen functional groups attached to an aromatic ring is 1. The first-order chi connectivity index (χ1) is 6.77. The van der Waals surface area contributed by atoms with Crippen molar-refractivity contribution < 1.29 is 4.74 Å². The Bertz CT molecular complexity index is 321. The number of nitrogens with zero attached hydrogens (tertiary/aromatic N) is 2. The van der Waals surface area contributed by atoms with Gasteiger partial charge in [0.15, 0.2) is 5.82 Å². The van der Waals surface area contributed by atoms with Crippen LogP contribution in [0, 0.1) is 6.92 Å². The third-order valence-electron chi connectivity index (χ3n) is 2.36. The number of anilines is 2. The normalized spacial score (nSPS) is 17.1. The number of pyridine rings is 1. The summed E-state index contributed by atoms with van der Waals surface area (Å²) in [4.78, 5) is 6.61. The summed E-state index contributed by atoms with van der Waals surface area (Å²) in [5.41, 5.74) is 7.62. The van der Waals surface area contributed by atoms with Crippen LogP contribution in [0.25, 0.3) is 0 Å². The summed E-state index contributed by atoms with van der Waals surface area (Å²) in [6, 6.07) is 3.84. The van der Waals surface area contributed by atoms with E-state index < -0.39 is 0 Å². The van der Waals surface area contributed by atoms with Crippen molar-refractivity contribution >= 4 is 11.5 Å². The molecule has 0 radical (unpaired) electrons. The van der Waals surface area contributed by atoms with Crippen LogP contribution in [0.5, 0.6) is 0 Å². The van der Waals surface area contributed by atoms with Crippen molar-refractivity contribution in [2.75, 3.05) is 36.9 Å². The molecule has 2 heterocycles. The summed E-state index contributed by atoms with van der Waals surface area (Å²) in [7, 11) is 0. The van der Waals surface area contributed by atoms with Gasteiger partial charge in [-0.3, -0.25) is 0 Å². The first kappa shape index (κ1) is 9.27. The highest BCUT2D eigenvalue weighted by molar-refractivity contribution is 5.62. The summed E-state index contributed by atoms with van der Waals surface area (Å²) >= 11 is 0. The molecule has 76 valence electrons. The monoisotopic (exact) mass is 193 g/mol. The minimum Gasteiger partial charge on any atom is -0.396 e. The second kappa shape index (κ2) is 3.84.